The number of rotatable bonds is 11. The fraction of sp³-hybridized carbons (Fsp3) is 0.632. The van der Waals surface area contributed by atoms with Crippen LogP contribution in [0.25, 0.3) is 11.0 Å². The minimum Gasteiger partial charge on any atom is -0.477 e. The second-order valence-corrected chi connectivity index (χ2v) is 6.63. The van der Waals surface area contributed by atoms with Crippen LogP contribution >= 0.6 is 0 Å². The molecule has 1 N–H and O–H groups in total. The topological polar surface area (TPSA) is 68.0 Å². The second kappa shape index (κ2) is 9.40. The molecule has 0 saturated heterocycles. The molecule has 0 aliphatic carbocycles. The van der Waals surface area contributed by atoms with Crippen molar-refractivity contribution in [3.05, 3.63) is 24.3 Å². The van der Waals surface area contributed by atoms with Gasteiger partial charge in [-0.2, -0.15) is 0 Å². The minimum atomic E-state index is -1.000. The maximum absolute atomic E-state index is 11.1. The Morgan fingerprint density at radius 1 is 1.12 bits per heavy atom. The van der Waals surface area contributed by atoms with E-state index in [9.17, 15) is 4.79 Å². The van der Waals surface area contributed by atoms with Crippen LogP contribution in [0.4, 0.5) is 0 Å². The van der Waals surface area contributed by atoms with Crippen molar-refractivity contribution in [2.45, 2.75) is 77.7 Å². The van der Waals surface area contributed by atoms with E-state index in [-0.39, 0.29) is 5.69 Å². The maximum atomic E-state index is 11.1. The number of hydrogen-bond acceptors (Lipinski definition) is 3. The highest BCUT2D eigenvalue weighted by atomic mass is 16.4. The molecule has 2 rings (SSSR count). The van der Waals surface area contributed by atoms with Crippen LogP contribution < -0.4 is 0 Å². The van der Waals surface area contributed by atoms with Crippen molar-refractivity contribution < 1.29 is 9.90 Å². The lowest BCUT2D eigenvalue weighted by atomic mass is 10.1. The molecule has 0 aliphatic heterocycles. The molecule has 2 heterocycles. The van der Waals surface area contributed by atoms with E-state index in [1.165, 1.54) is 57.6 Å². The molecule has 2 aromatic heterocycles. The van der Waals surface area contributed by atoms with Gasteiger partial charge in [-0.1, -0.05) is 58.3 Å². The van der Waals surface area contributed by atoms with Gasteiger partial charge >= 0.3 is 5.97 Å². The van der Waals surface area contributed by atoms with Crippen molar-refractivity contribution >= 4 is 17.0 Å². The summed E-state index contributed by atoms with van der Waals surface area (Å²) in [7, 11) is 0. The first-order valence-electron chi connectivity index (χ1n) is 9.19. The zero-order valence-electron chi connectivity index (χ0n) is 14.9. The average molecular weight is 331 g/mol. The third kappa shape index (κ3) is 5.05. The fourth-order valence-electron chi connectivity index (χ4n) is 3.11. The van der Waals surface area contributed by atoms with Crippen LogP contribution in [-0.4, -0.2) is 25.6 Å². The van der Waals surface area contributed by atoms with Crippen molar-refractivity contribution in [3.63, 3.8) is 0 Å². The van der Waals surface area contributed by atoms with E-state index in [0.717, 1.165) is 17.5 Å². The van der Waals surface area contributed by atoms with Gasteiger partial charge in [0, 0.05) is 6.04 Å². The molecule has 5 heteroatoms. The number of carbonyl (C=O) groups is 1. The van der Waals surface area contributed by atoms with Crippen molar-refractivity contribution in [2.24, 2.45) is 0 Å². The van der Waals surface area contributed by atoms with Gasteiger partial charge in [-0.15, -0.1) is 0 Å². The third-order valence-corrected chi connectivity index (χ3v) is 4.63. The summed E-state index contributed by atoms with van der Waals surface area (Å²) in [5, 5.41) is 9.10. The largest absolute Gasteiger partial charge is 0.477 e. The van der Waals surface area contributed by atoms with E-state index in [1.807, 2.05) is 0 Å². The number of unbranched alkanes of at least 4 members (excludes halogenated alkanes) is 7. The van der Waals surface area contributed by atoms with Crippen LogP contribution in [-0.2, 0) is 0 Å². The molecule has 0 aliphatic rings. The number of fused-ring (bicyclic) bond motifs is 1. The summed E-state index contributed by atoms with van der Waals surface area (Å²) in [6.45, 7) is 4.42. The average Bonchev–Trinajstić information content (AvgIpc) is 3.00. The van der Waals surface area contributed by atoms with E-state index in [0.29, 0.717) is 6.04 Å². The Hall–Kier alpha value is -1.91. The Bertz CT molecular complexity index is 651. The Kier molecular flexibility index (Phi) is 7.22. The summed E-state index contributed by atoms with van der Waals surface area (Å²) in [6, 6.07) is 1.94. The number of hydrogen-bond donors (Lipinski definition) is 1. The monoisotopic (exact) mass is 331 g/mol. The van der Waals surface area contributed by atoms with E-state index >= 15 is 0 Å². The summed E-state index contributed by atoms with van der Waals surface area (Å²) in [6.07, 6.45) is 14.9. The molecule has 1 unspecified atom stereocenters. The molecule has 0 fully saturated rings. The normalized spacial score (nSPS) is 12.6. The van der Waals surface area contributed by atoms with Crippen LogP contribution in [0.3, 0.4) is 0 Å². The molecule has 0 saturated carbocycles. The molecular weight excluding hydrogens is 302 g/mol. The van der Waals surface area contributed by atoms with Crippen molar-refractivity contribution in [2.75, 3.05) is 0 Å². The molecule has 0 spiro atoms. The van der Waals surface area contributed by atoms with Gasteiger partial charge in [0.05, 0.1) is 18.0 Å². The van der Waals surface area contributed by atoms with Gasteiger partial charge in [0.1, 0.15) is 11.2 Å². The van der Waals surface area contributed by atoms with Crippen molar-refractivity contribution in [3.8, 4) is 0 Å². The highest BCUT2D eigenvalue weighted by Gasteiger charge is 2.13. The van der Waals surface area contributed by atoms with Crippen LogP contribution in [0.15, 0.2) is 18.6 Å². The first-order valence-corrected chi connectivity index (χ1v) is 9.19. The minimum absolute atomic E-state index is 0.0727. The molecule has 0 bridgehead atoms. The molecule has 5 nitrogen and oxygen atoms in total. The first-order chi connectivity index (χ1) is 11.6. The van der Waals surface area contributed by atoms with Gasteiger partial charge < -0.3 is 9.67 Å². The van der Waals surface area contributed by atoms with Crippen LogP contribution in [0.2, 0.25) is 0 Å². The number of aromatic carboxylic acids is 1. The van der Waals surface area contributed by atoms with E-state index in [2.05, 4.69) is 28.4 Å². The second-order valence-electron chi connectivity index (χ2n) is 6.63. The van der Waals surface area contributed by atoms with Gasteiger partial charge in [-0.3, -0.25) is 0 Å². The number of carboxylic acids is 1. The van der Waals surface area contributed by atoms with Gasteiger partial charge in [0.25, 0.3) is 0 Å². The van der Waals surface area contributed by atoms with Crippen molar-refractivity contribution in [1.29, 1.82) is 0 Å². The number of aromatic nitrogens is 3. The fourth-order valence-corrected chi connectivity index (χ4v) is 3.11. The number of pyridine rings is 1. The van der Waals surface area contributed by atoms with Crippen LogP contribution in [0, 0.1) is 0 Å². The van der Waals surface area contributed by atoms with Gasteiger partial charge in [-0.25, -0.2) is 14.8 Å². The van der Waals surface area contributed by atoms with E-state index in [1.54, 1.807) is 12.4 Å². The third-order valence-electron chi connectivity index (χ3n) is 4.63. The SMILES string of the molecule is CCCCCCCCCCC(C)n1cnc2cnc(C(=O)O)cc21. The Morgan fingerprint density at radius 2 is 1.79 bits per heavy atom. The number of imidazole rings is 1. The predicted molar refractivity (Wildman–Crippen MR) is 96.4 cm³/mol. The predicted octanol–water partition coefficient (Wildman–Crippen LogP) is 5.22. The Labute approximate surface area is 144 Å². The summed E-state index contributed by atoms with van der Waals surface area (Å²) in [4.78, 5) is 19.3. The summed E-state index contributed by atoms with van der Waals surface area (Å²) < 4.78 is 2.07. The standard InChI is InChI=1S/C19H29N3O2/c1-3-4-5-6-7-8-9-10-11-15(2)22-14-21-17-13-20-16(19(23)24)12-18(17)22/h12-15H,3-11H2,1-2H3,(H,23,24). The van der Waals surface area contributed by atoms with E-state index in [4.69, 9.17) is 5.11 Å². The molecule has 0 radical (unpaired) electrons. The smallest absolute Gasteiger partial charge is 0.354 e. The number of carboxylic acid groups (broad SMARTS) is 1. The maximum Gasteiger partial charge on any atom is 0.354 e. The number of nitrogens with zero attached hydrogens (tertiary/aromatic N) is 3. The highest BCUT2D eigenvalue weighted by molar-refractivity contribution is 5.89. The summed E-state index contributed by atoms with van der Waals surface area (Å²) in [5.41, 5.74) is 1.68. The quantitative estimate of drug-likeness (QED) is 0.573. The van der Waals surface area contributed by atoms with Crippen LogP contribution in [0.5, 0.6) is 0 Å². The first kappa shape index (κ1) is 18.4. The molecule has 2 aromatic rings. The summed E-state index contributed by atoms with van der Waals surface area (Å²) >= 11 is 0. The molecular formula is C19H29N3O2. The highest BCUT2D eigenvalue weighted by Crippen LogP contribution is 2.22. The molecule has 0 aromatic carbocycles. The Balaban J connectivity index is 1.82. The molecule has 0 amide bonds. The lowest BCUT2D eigenvalue weighted by molar-refractivity contribution is 0.0690. The molecule has 24 heavy (non-hydrogen) atoms. The lowest BCUT2D eigenvalue weighted by Crippen LogP contribution is -2.05. The molecule has 132 valence electrons. The molecule has 1 atom stereocenters. The summed E-state index contributed by atoms with van der Waals surface area (Å²) in [5.74, 6) is -1.000. The van der Waals surface area contributed by atoms with Gasteiger partial charge in [0.15, 0.2) is 0 Å². The van der Waals surface area contributed by atoms with Crippen LogP contribution in [0.1, 0.15) is 88.2 Å². The van der Waals surface area contributed by atoms with Gasteiger partial charge in [0.2, 0.25) is 0 Å². The van der Waals surface area contributed by atoms with E-state index < -0.39 is 5.97 Å². The zero-order valence-corrected chi connectivity index (χ0v) is 14.9. The Morgan fingerprint density at radius 3 is 2.46 bits per heavy atom. The van der Waals surface area contributed by atoms with Crippen molar-refractivity contribution in [1.82, 2.24) is 14.5 Å². The van der Waals surface area contributed by atoms with Gasteiger partial charge in [-0.05, 0) is 19.4 Å². The zero-order chi connectivity index (χ0) is 17.4. The lowest BCUT2D eigenvalue weighted by Gasteiger charge is -2.14.